The molecule has 0 fully saturated rings. The minimum atomic E-state index is -3.37. The number of rotatable bonds is 7. The third-order valence-electron chi connectivity index (χ3n) is 2.45. The minimum absolute atomic E-state index is 0. The van der Waals surface area contributed by atoms with Crippen LogP contribution in [-0.2, 0) is 16.4 Å². The molecule has 1 rings (SSSR count). The molecule has 0 radical (unpaired) electrons. The molecule has 0 spiro atoms. The molecule has 1 aromatic rings. The summed E-state index contributed by atoms with van der Waals surface area (Å²) >= 11 is 0. The summed E-state index contributed by atoms with van der Waals surface area (Å²) in [7, 11) is -3.37. The first-order valence-corrected chi connectivity index (χ1v) is 7.37. The Balaban J connectivity index is 0.00000289. The number of nitrogens with one attached hydrogen (secondary N) is 1. The van der Waals surface area contributed by atoms with E-state index >= 15 is 0 Å². The zero-order valence-corrected chi connectivity index (χ0v) is 12.2. The van der Waals surface area contributed by atoms with E-state index in [2.05, 4.69) is 11.6 Å². The zero-order chi connectivity index (χ0) is 12.7. The Morgan fingerprint density at radius 1 is 1.22 bits per heavy atom. The lowest BCUT2D eigenvalue weighted by Gasteiger charge is -2.06. The Morgan fingerprint density at radius 2 is 1.83 bits per heavy atom. The van der Waals surface area contributed by atoms with Crippen molar-refractivity contribution in [2.45, 2.75) is 31.1 Å². The fourth-order valence-electron chi connectivity index (χ4n) is 1.52. The number of aryl methyl sites for hydroxylation is 1. The molecule has 3 N–H and O–H groups in total. The molecule has 0 heterocycles. The third-order valence-corrected chi connectivity index (χ3v) is 3.92. The van der Waals surface area contributed by atoms with Crippen LogP contribution in [0.3, 0.4) is 0 Å². The monoisotopic (exact) mass is 292 g/mol. The normalized spacial score (nSPS) is 11.0. The molecular formula is C12H21ClN2O2S. The lowest BCUT2D eigenvalue weighted by Crippen LogP contribution is -2.26. The maximum atomic E-state index is 11.8. The Bertz CT molecular complexity index is 432. The van der Waals surface area contributed by atoms with Crippen LogP contribution in [0.2, 0.25) is 0 Å². The van der Waals surface area contributed by atoms with Crippen LogP contribution in [0.1, 0.15) is 25.3 Å². The molecule has 0 unspecified atom stereocenters. The maximum absolute atomic E-state index is 11.8. The first-order valence-electron chi connectivity index (χ1n) is 5.89. The van der Waals surface area contributed by atoms with E-state index in [4.69, 9.17) is 5.73 Å². The van der Waals surface area contributed by atoms with Crippen molar-refractivity contribution in [3.8, 4) is 0 Å². The van der Waals surface area contributed by atoms with Crippen LogP contribution in [0, 0.1) is 0 Å². The van der Waals surface area contributed by atoms with Gasteiger partial charge in [0.2, 0.25) is 10.0 Å². The van der Waals surface area contributed by atoms with Crippen LogP contribution in [0.4, 0.5) is 0 Å². The number of benzene rings is 1. The van der Waals surface area contributed by atoms with E-state index in [0.717, 1.165) is 18.4 Å². The molecule has 4 nitrogen and oxygen atoms in total. The molecule has 0 aromatic heterocycles. The summed E-state index contributed by atoms with van der Waals surface area (Å²) in [6.07, 6.45) is 2.68. The van der Waals surface area contributed by atoms with Gasteiger partial charge in [0.05, 0.1) is 4.90 Å². The van der Waals surface area contributed by atoms with Gasteiger partial charge in [0.25, 0.3) is 0 Å². The largest absolute Gasteiger partial charge is 0.330 e. The van der Waals surface area contributed by atoms with Crippen molar-refractivity contribution in [3.63, 3.8) is 0 Å². The molecule has 0 atom stereocenters. The summed E-state index contributed by atoms with van der Waals surface area (Å²) in [5, 5.41) is 0. The van der Waals surface area contributed by atoms with E-state index in [0.29, 0.717) is 24.4 Å². The van der Waals surface area contributed by atoms with Crippen LogP contribution in [0.25, 0.3) is 0 Å². The SMILES string of the molecule is CCCc1ccc(S(=O)(=O)NCCCN)cc1.Cl. The average Bonchev–Trinajstić information content (AvgIpc) is 2.30. The second kappa shape index (κ2) is 8.48. The Labute approximate surface area is 115 Å². The molecule has 0 aliphatic carbocycles. The van der Waals surface area contributed by atoms with Gasteiger partial charge in [0, 0.05) is 6.54 Å². The lowest BCUT2D eigenvalue weighted by molar-refractivity contribution is 0.579. The molecule has 0 bridgehead atoms. The van der Waals surface area contributed by atoms with Crippen molar-refractivity contribution in [3.05, 3.63) is 29.8 Å². The van der Waals surface area contributed by atoms with Gasteiger partial charge in [-0.25, -0.2) is 13.1 Å². The van der Waals surface area contributed by atoms with Gasteiger partial charge >= 0.3 is 0 Å². The van der Waals surface area contributed by atoms with E-state index in [1.807, 2.05) is 12.1 Å². The molecule has 18 heavy (non-hydrogen) atoms. The van der Waals surface area contributed by atoms with Crippen molar-refractivity contribution in [2.75, 3.05) is 13.1 Å². The standard InChI is InChI=1S/C12H20N2O2S.ClH/c1-2-4-11-5-7-12(8-6-11)17(15,16)14-10-3-9-13;/h5-8,14H,2-4,9-10,13H2,1H3;1H. The second-order valence-corrected chi connectivity index (χ2v) is 5.70. The average molecular weight is 293 g/mol. The van der Waals surface area contributed by atoms with E-state index in [-0.39, 0.29) is 12.4 Å². The Hall–Kier alpha value is -0.620. The number of sulfonamides is 1. The van der Waals surface area contributed by atoms with Gasteiger partial charge in [-0.3, -0.25) is 0 Å². The van der Waals surface area contributed by atoms with Gasteiger partial charge in [-0.05, 0) is 37.1 Å². The molecule has 0 aliphatic heterocycles. The summed E-state index contributed by atoms with van der Waals surface area (Å²) in [4.78, 5) is 0.314. The van der Waals surface area contributed by atoms with E-state index in [1.54, 1.807) is 12.1 Å². The van der Waals surface area contributed by atoms with Gasteiger partial charge in [-0.1, -0.05) is 25.5 Å². The predicted octanol–water partition coefficient (Wildman–Crippen LogP) is 1.69. The van der Waals surface area contributed by atoms with Crippen LogP contribution < -0.4 is 10.5 Å². The highest BCUT2D eigenvalue weighted by molar-refractivity contribution is 7.89. The fraction of sp³-hybridized carbons (Fsp3) is 0.500. The van der Waals surface area contributed by atoms with Crippen molar-refractivity contribution in [1.29, 1.82) is 0 Å². The van der Waals surface area contributed by atoms with Gasteiger partial charge in [0.1, 0.15) is 0 Å². The number of hydrogen-bond donors (Lipinski definition) is 2. The molecule has 0 aliphatic rings. The van der Waals surface area contributed by atoms with Crippen LogP contribution >= 0.6 is 12.4 Å². The van der Waals surface area contributed by atoms with E-state index < -0.39 is 10.0 Å². The number of halogens is 1. The minimum Gasteiger partial charge on any atom is -0.330 e. The third kappa shape index (κ3) is 5.35. The molecular weight excluding hydrogens is 272 g/mol. The Morgan fingerprint density at radius 3 is 2.33 bits per heavy atom. The highest BCUT2D eigenvalue weighted by atomic mass is 35.5. The summed E-state index contributed by atoms with van der Waals surface area (Å²) < 4.78 is 26.2. The summed E-state index contributed by atoms with van der Waals surface area (Å²) in [5.74, 6) is 0. The highest BCUT2D eigenvalue weighted by Gasteiger charge is 2.12. The number of hydrogen-bond acceptors (Lipinski definition) is 3. The molecule has 0 saturated heterocycles. The lowest BCUT2D eigenvalue weighted by atomic mass is 10.1. The van der Waals surface area contributed by atoms with Crippen LogP contribution in [0.15, 0.2) is 29.2 Å². The van der Waals surface area contributed by atoms with Crippen LogP contribution in [-0.4, -0.2) is 21.5 Å². The predicted molar refractivity (Wildman–Crippen MR) is 76.5 cm³/mol. The van der Waals surface area contributed by atoms with Crippen molar-refractivity contribution < 1.29 is 8.42 Å². The summed E-state index contributed by atoms with van der Waals surface area (Å²) in [6.45, 7) is 2.96. The first kappa shape index (κ1) is 17.4. The molecule has 0 saturated carbocycles. The van der Waals surface area contributed by atoms with Crippen molar-refractivity contribution >= 4 is 22.4 Å². The second-order valence-electron chi connectivity index (χ2n) is 3.93. The van der Waals surface area contributed by atoms with Gasteiger partial charge in [0.15, 0.2) is 0 Å². The topological polar surface area (TPSA) is 72.2 Å². The summed E-state index contributed by atoms with van der Waals surface area (Å²) in [6, 6.07) is 7.02. The Kier molecular flexibility index (Phi) is 8.18. The van der Waals surface area contributed by atoms with E-state index in [1.165, 1.54) is 0 Å². The smallest absolute Gasteiger partial charge is 0.240 e. The molecule has 104 valence electrons. The van der Waals surface area contributed by atoms with Crippen LogP contribution in [0.5, 0.6) is 0 Å². The maximum Gasteiger partial charge on any atom is 0.240 e. The zero-order valence-electron chi connectivity index (χ0n) is 10.6. The van der Waals surface area contributed by atoms with Gasteiger partial charge in [-0.15, -0.1) is 12.4 Å². The van der Waals surface area contributed by atoms with Gasteiger partial charge in [-0.2, -0.15) is 0 Å². The highest BCUT2D eigenvalue weighted by Crippen LogP contribution is 2.11. The van der Waals surface area contributed by atoms with Gasteiger partial charge < -0.3 is 5.73 Å². The van der Waals surface area contributed by atoms with E-state index in [9.17, 15) is 8.42 Å². The fourth-order valence-corrected chi connectivity index (χ4v) is 2.59. The summed E-state index contributed by atoms with van der Waals surface area (Å²) in [5.41, 5.74) is 6.48. The molecule has 1 aromatic carbocycles. The quantitative estimate of drug-likeness (QED) is 0.751. The molecule has 6 heteroatoms. The first-order chi connectivity index (χ1) is 8.10. The molecule has 0 amide bonds. The van der Waals surface area contributed by atoms with Crippen molar-refractivity contribution in [1.82, 2.24) is 4.72 Å². The number of nitrogens with two attached hydrogens (primary N) is 1. The van der Waals surface area contributed by atoms with Crippen molar-refractivity contribution in [2.24, 2.45) is 5.73 Å².